The van der Waals surface area contributed by atoms with Crippen molar-refractivity contribution < 1.29 is 17.9 Å². The number of nitrogens with one attached hydrogen (secondary N) is 1. The van der Waals surface area contributed by atoms with Crippen LogP contribution >= 0.6 is 0 Å². The highest BCUT2D eigenvalue weighted by molar-refractivity contribution is 7.90. The standard InChI is InChI=1S/C30H35N3O4S/c1-20-26-14-13-25(17-27(26)32-29(20)23-5-3-2-4-6-23)38(35,36)31-18-21-7-9-24(10-8-21)30(34)33-15-16-37-19-28(33)22-11-12-22/h2-6,13-14,17-18,21-22,24,28,32H,7-12,15-16,19H2,1H3/b31-18+/t21?,24?,28-/m1/s1. The molecule has 7 nitrogen and oxygen atoms in total. The number of carbonyl (C=O) groups excluding carboxylic acids is 1. The van der Waals surface area contributed by atoms with Crippen molar-refractivity contribution in [1.82, 2.24) is 9.88 Å². The van der Waals surface area contributed by atoms with Gasteiger partial charge in [-0.15, -0.1) is 0 Å². The third-order valence-corrected chi connectivity index (χ3v) is 9.79. The summed E-state index contributed by atoms with van der Waals surface area (Å²) in [6, 6.07) is 15.4. The Morgan fingerprint density at radius 2 is 1.82 bits per heavy atom. The van der Waals surface area contributed by atoms with E-state index in [0.29, 0.717) is 25.7 Å². The number of nitrogens with zero attached hydrogens (tertiary/aromatic N) is 2. The summed E-state index contributed by atoms with van der Waals surface area (Å²) in [5, 5.41) is 0.999. The first-order valence-electron chi connectivity index (χ1n) is 13.8. The van der Waals surface area contributed by atoms with E-state index in [4.69, 9.17) is 4.74 Å². The minimum absolute atomic E-state index is 0.0212. The Labute approximate surface area is 224 Å². The van der Waals surface area contributed by atoms with Crippen molar-refractivity contribution in [3.8, 4) is 11.3 Å². The number of rotatable bonds is 6. The van der Waals surface area contributed by atoms with Gasteiger partial charge in [0.15, 0.2) is 0 Å². The number of aromatic amines is 1. The second kappa shape index (κ2) is 10.3. The summed E-state index contributed by atoms with van der Waals surface area (Å²) in [6.07, 6.45) is 7.10. The fourth-order valence-corrected chi connectivity index (χ4v) is 7.08. The molecule has 2 aromatic carbocycles. The molecule has 3 fully saturated rings. The monoisotopic (exact) mass is 533 g/mol. The smallest absolute Gasteiger partial charge is 0.282 e. The number of fused-ring (bicyclic) bond motifs is 1. The molecule has 1 N–H and O–H groups in total. The van der Waals surface area contributed by atoms with Gasteiger partial charge in [0.05, 0.1) is 24.2 Å². The van der Waals surface area contributed by atoms with E-state index < -0.39 is 10.0 Å². The van der Waals surface area contributed by atoms with Crippen LogP contribution in [0.2, 0.25) is 0 Å². The topological polar surface area (TPSA) is 91.8 Å². The van der Waals surface area contributed by atoms with Crippen molar-refractivity contribution in [1.29, 1.82) is 0 Å². The summed E-state index contributed by atoms with van der Waals surface area (Å²) in [7, 11) is -3.82. The number of hydrogen-bond acceptors (Lipinski definition) is 4. The van der Waals surface area contributed by atoms with Crippen molar-refractivity contribution >= 4 is 33.0 Å². The Morgan fingerprint density at radius 1 is 1.05 bits per heavy atom. The molecular weight excluding hydrogens is 498 g/mol. The summed E-state index contributed by atoms with van der Waals surface area (Å²) in [6.45, 7) is 4.02. The van der Waals surface area contributed by atoms with Gasteiger partial charge in [0, 0.05) is 35.3 Å². The average molecular weight is 534 g/mol. The average Bonchev–Trinajstić information content (AvgIpc) is 3.75. The predicted octanol–water partition coefficient (Wildman–Crippen LogP) is 5.35. The molecule has 1 saturated heterocycles. The SMILES string of the molecule is Cc1c(-c2ccccc2)[nH]c2cc(S(=O)(=O)/N=C/C3CCC(C(=O)N4CCOC[C@@H]4C4CC4)CC3)ccc12. The predicted molar refractivity (Wildman–Crippen MR) is 149 cm³/mol. The maximum Gasteiger partial charge on any atom is 0.282 e. The Hall–Kier alpha value is -2.97. The number of amides is 1. The minimum Gasteiger partial charge on any atom is -0.377 e. The first-order valence-corrected chi connectivity index (χ1v) is 15.2. The van der Waals surface area contributed by atoms with Crippen molar-refractivity contribution in [3.05, 3.63) is 54.1 Å². The highest BCUT2D eigenvalue weighted by atomic mass is 32.2. The van der Waals surface area contributed by atoms with Gasteiger partial charge >= 0.3 is 0 Å². The fourth-order valence-electron chi connectivity index (χ4n) is 6.12. The van der Waals surface area contributed by atoms with Crippen molar-refractivity contribution in [3.63, 3.8) is 0 Å². The number of hydrogen-bond donors (Lipinski definition) is 1. The van der Waals surface area contributed by atoms with Gasteiger partial charge in [-0.05, 0) is 80.5 Å². The minimum atomic E-state index is -3.82. The zero-order chi connectivity index (χ0) is 26.3. The lowest BCUT2D eigenvalue weighted by atomic mass is 9.81. The Balaban J connectivity index is 1.11. The Morgan fingerprint density at radius 3 is 2.55 bits per heavy atom. The number of sulfonamides is 1. The van der Waals surface area contributed by atoms with E-state index in [2.05, 4.69) is 14.3 Å². The van der Waals surface area contributed by atoms with Gasteiger partial charge in [0.1, 0.15) is 0 Å². The Bertz CT molecular complexity index is 1450. The number of morpholine rings is 1. The molecule has 1 atom stereocenters. The molecule has 1 aliphatic heterocycles. The van der Waals surface area contributed by atoms with Crippen LogP contribution in [-0.2, 0) is 19.6 Å². The van der Waals surface area contributed by atoms with Gasteiger partial charge in [-0.1, -0.05) is 36.4 Å². The van der Waals surface area contributed by atoms with E-state index >= 15 is 0 Å². The van der Waals surface area contributed by atoms with E-state index in [9.17, 15) is 13.2 Å². The summed E-state index contributed by atoms with van der Waals surface area (Å²) in [5.41, 5.74) is 3.93. The van der Waals surface area contributed by atoms with Gasteiger partial charge in [-0.3, -0.25) is 4.79 Å². The van der Waals surface area contributed by atoms with Gasteiger partial charge in [0.25, 0.3) is 10.0 Å². The van der Waals surface area contributed by atoms with Crippen LogP contribution in [0.15, 0.2) is 57.8 Å². The normalized spacial score (nSPS) is 24.8. The number of aryl methyl sites for hydroxylation is 1. The lowest BCUT2D eigenvalue weighted by Gasteiger charge is -2.39. The highest BCUT2D eigenvalue weighted by Crippen LogP contribution is 2.38. The summed E-state index contributed by atoms with van der Waals surface area (Å²) in [4.78, 5) is 18.9. The van der Waals surface area contributed by atoms with Crippen LogP contribution in [0, 0.1) is 24.7 Å². The molecule has 2 saturated carbocycles. The lowest BCUT2D eigenvalue weighted by molar-refractivity contribution is -0.146. The third kappa shape index (κ3) is 5.04. The molecule has 0 radical (unpaired) electrons. The van der Waals surface area contributed by atoms with E-state index in [0.717, 1.165) is 53.4 Å². The second-order valence-corrected chi connectivity index (χ2v) is 12.7. The van der Waals surface area contributed by atoms with Crippen LogP contribution in [-0.4, -0.2) is 56.2 Å². The quantitative estimate of drug-likeness (QED) is 0.433. The van der Waals surface area contributed by atoms with Crippen molar-refractivity contribution in [2.75, 3.05) is 19.8 Å². The summed E-state index contributed by atoms with van der Waals surface area (Å²) >= 11 is 0. The number of carbonyl (C=O) groups is 1. The molecule has 2 heterocycles. The number of benzene rings is 2. The molecule has 0 spiro atoms. The molecule has 3 aromatic rings. The molecule has 1 amide bonds. The van der Waals surface area contributed by atoms with E-state index in [1.54, 1.807) is 18.3 Å². The first kappa shape index (κ1) is 25.3. The summed E-state index contributed by atoms with van der Waals surface area (Å²) < 4.78 is 35.9. The van der Waals surface area contributed by atoms with Gasteiger partial charge in [-0.2, -0.15) is 12.8 Å². The van der Waals surface area contributed by atoms with Crippen LogP contribution in [0.3, 0.4) is 0 Å². The maximum absolute atomic E-state index is 13.3. The largest absolute Gasteiger partial charge is 0.377 e. The zero-order valence-electron chi connectivity index (χ0n) is 21.8. The zero-order valence-corrected chi connectivity index (χ0v) is 22.6. The molecule has 3 aliphatic rings. The van der Waals surface area contributed by atoms with Gasteiger partial charge in [0.2, 0.25) is 5.91 Å². The highest BCUT2D eigenvalue weighted by Gasteiger charge is 2.41. The lowest BCUT2D eigenvalue weighted by Crippen LogP contribution is -2.52. The van der Waals surface area contributed by atoms with E-state index in [1.807, 2.05) is 43.3 Å². The summed E-state index contributed by atoms with van der Waals surface area (Å²) in [5.74, 6) is 0.955. The van der Waals surface area contributed by atoms with Crippen LogP contribution in [0.4, 0.5) is 0 Å². The van der Waals surface area contributed by atoms with E-state index in [-0.39, 0.29) is 28.7 Å². The van der Waals surface area contributed by atoms with Crippen LogP contribution in [0.5, 0.6) is 0 Å². The molecule has 1 aromatic heterocycles. The fraction of sp³-hybridized carbons (Fsp3) is 0.467. The molecule has 0 unspecified atom stereocenters. The molecule has 0 bridgehead atoms. The first-order chi connectivity index (χ1) is 18.4. The van der Waals surface area contributed by atoms with Gasteiger partial charge in [-0.25, -0.2) is 0 Å². The molecule has 6 rings (SSSR count). The van der Waals surface area contributed by atoms with Crippen molar-refractivity contribution in [2.45, 2.75) is 56.4 Å². The number of aromatic nitrogens is 1. The third-order valence-electron chi connectivity index (χ3n) is 8.54. The molecule has 200 valence electrons. The van der Waals surface area contributed by atoms with E-state index in [1.165, 1.54) is 12.8 Å². The number of ether oxygens (including phenoxy) is 1. The Kier molecular flexibility index (Phi) is 6.86. The van der Waals surface area contributed by atoms with Crippen LogP contribution in [0.25, 0.3) is 22.2 Å². The molecule has 38 heavy (non-hydrogen) atoms. The van der Waals surface area contributed by atoms with Gasteiger partial charge < -0.3 is 14.6 Å². The van der Waals surface area contributed by atoms with Crippen LogP contribution in [0.1, 0.15) is 44.1 Å². The molecular formula is C30H35N3O4S. The number of H-pyrrole nitrogens is 1. The maximum atomic E-state index is 13.3. The molecule has 8 heteroatoms. The molecule has 2 aliphatic carbocycles. The van der Waals surface area contributed by atoms with Crippen molar-refractivity contribution in [2.24, 2.45) is 22.2 Å². The van der Waals surface area contributed by atoms with Crippen LogP contribution < -0.4 is 0 Å². The second-order valence-electron chi connectivity index (χ2n) is 11.1.